The Kier molecular flexibility index (Phi) is 6.01. The monoisotopic (exact) mass is 305 g/mol. The Morgan fingerprint density at radius 3 is 2.33 bits per heavy atom. The molecule has 1 N–H and O–H groups in total. The highest BCUT2D eigenvalue weighted by molar-refractivity contribution is 5.78. The van der Waals surface area contributed by atoms with Crippen LogP contribution in [0.15, 0.2) is 24.3 Å². The minimum absolute atomic E-state index is 0.0303. The van der Waals surface area contributed by atoms with E-state index in [9.17, 15) is 22.8 Å². The van der Waals surface area contributed by atoms with E-state index >= 15 is 0 Å². The Morgan fingerprint density at radius 1 is 1.19 bits per heavy atom. The minimum atomic E-state index is -4.41. The van der Waals surface area contributed by atoms with Gasteiger partial charge in [-0.05, 0) is 24.3 Å². The Hall–Kier alpha value is -2.25. The molecule has 0 saturated carbocycles. The third-order valence-electron chi connectivity index (χ3n) is 2.43. The predicted octanol–water partition coefficient (Wildman–Crippen LogP) is 1.76. The third kappa shape index (κ3) is 6.15. The molecule has 21 heavy (non-hydrogen) atoms. The first-order valence-electron chi connectivity index (χ1n) is 5.96. The van der Waals surface area contributed by atoms with Crippen LogP contribution in [0.3, 0.4) is 0 Å². The van der Waals surface area contributed by atoms with Crippen LogP contribution in [-0.4, -0.2) is 32.1 Å². The number of amides is 1. The molecule has 0 spiro atoms. The number of alkyl halides is 3. The molecule has 0 aromatic heterocycles. The van der Waals surface area contributed by atoms with Gasteiger partial charge in [0.25, 0.3) is 5.91 Å². The molecule has 1 rings (SSSR count). The van der Waals surface area contributed by atoms with Crippen molar-refractivity contribution in [2.45, 2.75) is 12.6 Å². The average molecular weight is 305 g/mol. The quantitative estimate of drug-likeness (QED) is 0.814. The zero-order chi connectivity index (χ0) is 15.9. The van der Waals surface area contributed by atoms with Crippen LogP contribution in [0.1, 0.15) is 12.0 Å². The molecule has 0 aliphatic rings. The maximum absolute atomic E-state index is 12.3. The van der Waals surface area contributed by atoms with Gasteiger partial charge >= 0.3 is 12.1 Å². The largest absolute Gasteiger partial charge is 0.484 e. The van der Waals surface area contributed by atoms with E-state index in [2.05, 4.69) is 10.1 Å². The van der Waals surface area contributed by atoms with Gasteiger partial charge in [-0.1, -0.05) is 0 Å². The molecule has 5 nitrogen and oxygen atoms in total. The number of hydrogen-bond donors (Lipinski definition) is 1. The van der Waals surface area contributed by atoms with Gasteiger partial charge in [0, 0.05) is 6.54 Å². The van der Waals surface area contributed by atoms with Crippen molar-refractivity contribution in [1.82, 2.24) is 5.32 Å². The van der Waals surface area contributed by atoms with Crippen molar-refractivity contribution in [1.29, 1.82) is 0 Å². The molecule has 0 unspecified atom stereocenters. The van der Waals surface area contributed by atoms with Crippen molar-refractivity contribution in [3.63, 3.8) is 0 Å². The molecule has 0 aliphatic heterocycles. The molecule has 0 heterocycles. The summed E-state index contributed by atoms with van der Waals surface area (Å²) in [6, 6.07) is 3.99. The summed E-state index contributed by atoms with van der Waals surface area (Å²) >= 11 is 0. The minimum Gasteiger partial charge on any atom is -0.484 e. The van der Waals surface area contributed by atoms with Gasteiger partial charge in [0.05, 0.1) is 19.1 Å². The zero-order valence-electron chi connectivity index (χ0n) is 11.2. The van der Waals surface area contributed by atoms with E-state index in [4.69, 9.17) is 4.74 Å². The van der Waals surface area contributed by atoms with E-state index in [1.165, 1.54) is 7.11 Å². The highest BCUT2D eigenvalue weighted by Crippen LogP contribution is 2.30. The molecule has 116 valence electrons. The number of benzene rings is 1. The van der Waals surface area contributed by atoms with Crippen LogP contribution in [0.25, 0.3) is 0 Å². The summed E-state index contributed by atoms with van der Waals surface area (Å²) in [7, 11) is 1.23. The molecule has 0 aliphatic carbocycles. The van der Waals surface area contributed by atoms with Gasteiger partial charge in [-0.15, -0.1) is 0 Å². The van der Waals surface area contributed by atoms with Crippen LogP contribution >= 0.6 is 0 Å². The summed E-state index contributed by atoms with van der Waals surface area (Å²) < 4.78 is 46.4. The number of carbonyl (C=O) groups excluding carboxylic acids is 2. The molecule has 8 heteroatoms. The van der Waals surface area contributed by atoms with Crippen LogP contribution in [-0.2, 0) is 20.5 Å². The lowest BCUT2D eigenvalue weighted by atomic mass is 10.2. The number of halogens is 3. The smallest absolute Gasteiger partial charge is 0.416 e. The molecule has 0 bridgehead atoms. The topological polar surface area (TPSA) is 64.6 Å². The highest BCUT2D eigenvalue weighted by Gasteiger charge is 2.30. The standard InChI is InChI=1S/C13H14F3NO4/c1-20-12(19)6-7-17-11(18)8-21-10-4-2-9(3-5-10)13(14,15)16/h2-5H,6-8H2,1H3,(H,17,18). The van der Waals surface area contributed by atoms with Gasteiger partial charge in [-0.2, -0.15) is 13.2 Å². The SMILES string of the molecule is COC(=O)CCNC(=O)COc1ccc(C(F)(F)F)cc1. The van der Waals surface area contributed by atoms with E-state index in [0.29, 0.717) is 0 Å². The number of rotatable bonds is 6. The molecule has 1 aromatic carbocycles. The lowest BCUT2D eigenvalue weighted by molar-refractivity contribution is -0.140. The van der Waals surface area contributed by atoms with Crippen molar-refractivity contribution >= 4 is 11.9 Å². The van der Waals surface area contributed by atoms with Gasteiger partial charge in [-0.25, -0.2) is 0 Å². The number of hydrogen-bond acceptors (Lipinski definition) is 4. The van der Waals surface area contributed by atoms with Crippen LogP contribution in [0.2, 0.25) is 0 Å². The number of methoxy groups -OCH3 is 1. The van der Waals surface area contributed by atoms with Gasteiger partial charge in [-0.3, -0.25) is 9.59 Å². The van der Waals surface area contributed by atoms with Crippen molar-refractivity contribution in [2.75, 3.05) is 20.3 Å². The molecular formula is C13H14F3NO4. The summed E-state index contributed by atoms with van der Waals surface area (Å²) in [5.74, 6) is -0.802. The summed E-state index contributed by atoms with van der Waals surface area (Å²) in [6.07, 6.45) is -4.38. The number of ether oxygens (including phenoxy) is 2. The van der Waals surface area contributed by atoms with E-state index in [0.717, 1.165) is 24.3 Å². The third-order valence-corrected chi connectivity index (χ3v) is 2.43. The Morgan fingerprint density at radius 2 is 1.81 bits per heavy atom. The molecule has 1 aromatic rings. The van der Waals surface area contributed by atoms with E-state index in [1.54, 1.807) is 0 Å². The maximum atomic E-state index is 12.3. The molecule has 1 amide bonds. The van der Waals surface area contributed by atoms with Crippen molar-refractivity contribution in [3.05, 3.63) is 29.8 Å². The second kappa shape index (κ2) is 7.51. The molecule has 0 fully saturated rings. The van der Waals surface area contributed by atoms with E-state index < -0.39 is 23.6 Å². The van der Waals surface area contributed by atoms with Crippen molar-refractivity contribution in [3.8, 4) is 5.75 Å². The molecule has 0 atom stereocenters. The Labute approximate surface area is 119 Å². The fourth-order valence-electron chi connectivity index (χ4n) is 1.35. The van der Waals surface area contributed by atoms with Gasteiger partial charge in [0.15, 0.2) is 6.61 Å². The number of esters is 1. The zero-order valence-corrected chi connectivity index (χ0v) is 11.2. The molecule has 0 saturated heterocycles. The van der Waals surface area contributed by atoms with Crippen molar-refractivity contribution < 1.29 is 32.2 Å². The van der Waals surface area contributed by atoms with Crippen LogP contribution in [0, 0.1) is 0 Å². The van der Waals surface area contributed by atoms with Gasteiger partial charge in [0.2, 0.25) is 0 Å². The van der Waals surface area contributed by atoms with Crippen LogP contribution in [0.5, 0.6) is 5.75 Å². The second-order valence-electron chi connectivity index (χ2n) is 3.99. The normalized spacial score (nSPS) is 10.9. The second-order valence-corrected chi connectivity index (χ2v) is 3.99. The summed E-state index contributed by atoms with van der Waals surface area (Å²) in [6.45, 7) is -0.256. The molecular weight excluding hydrogens is 291 g/mol. The fourth-order valence-corrected chi connectivity index (χ4v) is 1.35. The summed E-state index contributed by atoms with van der Waals surface area (Å²) in [5, 5.41) is 2.41. The van der Waals surface area contributed by atoms with E-state index in [1.807, 2.05) is 0 Å². The first kappa shape index (κ1) is 16.8. The Balaban J connectivity index is 2.35. The lowest BCUT2D eigenvalue weighted by Gasteiger charge is -2.09. The maximum Gasteiger partial charge on any atom is 0.416 e. The van der Waals surface area contributed by atoms with Crippen molar-refractivity contribution in [2.24, 2.45) is 0 Å². The fraction of sp³-hybridized carbons (Fsp3) is 0.385. The highest BCUT2D eigenvalue weighted by atomic mass is 19.4. The Bertz CT molecular complexity index is 485. The van der Waals surface area contributed by atoms with Crippen LogP contribution in [0.4, 0.5) is 13.2 Å². The molecule has 0 radical (unpaired) electrons. The first-order valence-corrected chi connectivity index (χ1v) is 5.96. The number of nitrogens with one attached hydrogen (secondary N) is 1. The van der Waals surface area contributed by atoms with Crippen LogP contribution < -0.4 is 10.1 Å². The number of carbonyl (C=O) groups is 2. The summed E-state index contributed by atoms with van der Waals surface area (Å²) in [5.41, 5.74) is -0.794. The lowest BCUT2D eigenvalue weighted by Crippen LogP contribution is -2.30. The van der Waals surface area contributed by atoms with Gasteiger partial charge in [0.1, 0.15) is 5.75 Å². The average Bonchev–Trinajstić information content (AvgIpc) is 2.44. The van der Waals surface area contributed by atoms with Gasteiger partial charge < -0.3 is 14.8 Å². The summed E-state index contributed by atoms with van der Waals surface area (Å²) in [4.78, 5) is 22.1. The first-order chi connectivity index (χ1) is 9.82. The predicted molar refractivity (Wildman–Crippen MR) is 66.6 cm³/mol. The van der Waals surface area contributed by atoms with E-state index in [-0.39, 0.29) is 25.3 Å².